The Bertz CT molecular complexity index is 593. The van der Waals surface area contributed by atoms with Crippen molar-refractivity contribution in [3.05, 3.63) is 48.0 Å². The largest absolute Gasteiger partial charge is 0.399 e. The van der Waals surface area contributed by atoms with E-state index in [1.54, 1.807) is 30.0 Å². The van der Waals surface area contributed by atoms with Crippen LogP contribution in [0.2, 0.25) is 0 Å². The van der Waals surface area contributed by atoms with Crippen LogP contribution in [0.25, 0.3) is 0 Å². The third kappa shape index (κ3) is 3.20. The number of nitrogens with one attached hydrogen (secondary N) is 1. The molecule has 0 aromatic heterocycles. The highest BCUT2D eigenvalue weighted by molar-refractivity contribution is 7.98. The highest BCUT2D eigenvalue weighted by Crippen LogP contribution is 2.25. The second kappa shape index (κ2) is 5.67. The molecule has 2 aromatic carbocycles. The summed E-state index contributed by atoms with van der Waals surface area (Å²) in [5, 5.41) is 2.86. The minimum absolute atomic E-state index is 0.222. The van der Waals surface area contributed by atoms with Crippen molar-refractivity contribution in [3.8, 4) is 0 Å². The van der Waals surface area contributed by atoms with Gasteiger partial charge in [-0.3, -0.25) is 4.79 Å². The number of thioether (sulfide) groups is 1. The summed E-state index contributed by atoms with van der Waals surface area (Å²) in [6.07, 6.45) is 1.96. The topological polar surface area (TPSA) is 81.1 Å². The zero-order chi connectivity index (χ0) is 13.8. The van der Waals surface area contributed by atoms with Gasteiger partial charge in [0.2, 0.25) is 0 Å². The Balaban J connectivity index is 2.25. The normalized spacial score (nSPS) is 10.2. The van der Waals surface area contributed by atoms with Crippen molar-refractivity contribution in [2.45, 2.75) is 4.90 Å². The number of hydrogen-bond acceptors (Lipinski definition) is 4. The van der Waals surface area contributed by atoms with E-state index in [0.29, 0.717) is 16.9 Å². The Hall–Kier alpha value is -2.14. The summed E-state index contributed by atoms with van der Waals surface area (Å²) < 4.78 is 0. The average Bonchev–Trinajstić information content (AvgIpc) is 2.38. The predicted octanol–water partition coefficient (Wildman–Crippen LogP) is 2.83. The molecular weight excluding hydrogens is 258 g/mol. The number of nitrogens with two attached hydrogens (primary N) is 2. The Morgan fingerprint density at radius 1 is 1.11 bits per heavy atom. The number of rotatable bonds is 3. The van der Waals surface area contributed by atoms with Crippen LogP contribution in [0.1, 0.15) is 10.4 Å². The van der Waals surface area contributed by atoms with E-state index < -0.39 is 0 Å². The van der Waals surface area contributed by atoms with E-state index in [2.05, 4.69) is 5.32 Å². The number of carbonyl (C=O) groups is 1. The van der Waals surface area contributed by atoms with Gasteiger partial charge in [-0.1, -0.05) is 12.1 Å². The third-order valence-electron chi connectivity index (χ3n) is 2.60. The molecule has 0 spiro atoms. The van der Waals surface area contributed by atoms with Crippen molar-refractivity contribution in [3.63, 3.8) is 0 Å². The van der Waals surface area contributed by atoms with Crippen LogP contribution in [-0.4, -0.2) is 12.2 Å². The molecular formula is C14H15N3OS. The summed E-state index contributed by atoms with van der Waals surface area (Å²) >= 11 is 1.57. The fourth-order valence-corrected chi connectivity index (χ4v) is 2.30. The number of nitrogen functional groups attached to an aromatic ring is 2. The van der Waals surface area contributed by atoms with Crippen molar-refractivity contribution in [2.24, 2.45) is 0 Å². The monoisotopic (exact) mass is 273 g/mol. The van der Waals surface area contributed by atoms with Gasteiger partial charge in [0.15, 0.2) is 0 Å². The molecule has 98 valence electrons. The number of amides is 1. The third-order valence-corrected chi connectivity index (χ3v) is 3.39. The summed E-state index contributed by atoms with van der Waals surface area (Å²) in [5.74, 6) is -0.222. The van der Waals surface area contributed by atoms with Gasteiger partial charge in [0, 0.05) is 21.8 Å². The highest BCUT2D eigenvalue weighted by Gasteiger charge is 2.09. The van der Waals surface area contributed by atoms with Crippen molar-refractivity contribution in [1.29, 1.82) is 0 Å². The van der Waals surface area contributed by atoms with Crippen molar-refractivity contribution in [1.82, 2.24) is 0 Å². The predicted molar refractivity (Wildman–Crippen MR) is 81.4 cm³/mol. The minimum Gasteiger partial charge on any atom is -0.399 e. The molecule has 0 aliphatic carbocycles. The maximum absolute atomic E-state index is 12.2. The molecule has 0 atom stereocenters. The lowest BCUT2D eigenvalue weighted by Gasteiger charge is -2.10. The van der Waals surface area contributed by atoms with E-state index >= 15 is 0 Å². The quantitative estimate of drug-likeness (QED) is 0.593. The Labute approximate surface area is 116 Å². The first-order chi connectivity index (χ1) is 9.10. The molecule has 0 saturated carbocycles. The van der Waals surface area contributed by atoms with Gasteiger partial charge >= 0.3 is 0 Å². The van der Waals surface area contributed by atoms with Gasteiger partial charge in [-0.05, 0) is 36.6 Å². The smallest absolute Gasteiger partial charge is 0.255 e. The van der Waals surface area contributed by atoms with Crippen LogP contribution in [0.4, 0.5) is 17.1 Å². The first-order valence-electron chi connectivity index (χ1n) is 5.70. The Morgan fingerprint density at radius 2 is 1.74 bits per heavy atom. The van der Waals surface area contributed by atoms with Gasteiger partial charge in [-0.25, -0.2) is 0 Å². The fourth-order valence-electron chi connectivity index (χ4n) is 1.75. The number of benzene rings is 2. The molecule has 0 heterocycles. The first kappa shape index (κ1) is 13.3. The molecule has 0 aliphatic heterocycles. The van der Waals surface area contributed by atoms with Crippen LogP contribution in [0.5, 0.6) is 0 Å². The minimum atomic E-state index is -0.222. The summed E-state index contributed by atoms with van der Waals surface area (Å²) in [4.78, 5) is 13.2. The standard InChI is InChI=1S/C14H15N3OS/c1-19-13-5-3-2-4-12(13)17-14(18)9-6-10(15)8-11(16)7-9/h2-8H,15-16H2,1H3,(H,17,18). The van der Waals surface area contributed by atoms with E-state index in [0.717, 1.165) is 10.6 Å². The molecule has 19 heavy (non-hydrogen) atoms. The highest BCUT2D eigenvalue weighted by atomic mass is 32.2. The number of para-hydroxylation sites is 1. The SMILES string of the molecule is CSc1ccccc1NC(=O)c1cc(N)cc(N)c1. The molecule has 0 unspecified atom stereocenters. The van der Waals surface area contributed by atoms with Crippen molar-refractivity contribution < 1.29 is 4.79 Å². The van der Waals surface area contributed by atoms with Crippen LogP contribution >= 0.6 is 11.8 Å². The van der Waals surface area contributed by atoms with Gasteiger partial charge in [0.25, 0.3) is 5.91 Å². The number of hydrogen-bond donors (Lipinski definition) is 3. The second-order valence-corrected chi connectivity index (χ2v) is 4.89. The van der Waals surface area contributed by atoms with Crippen LogP contribution < -0.4 is 16.8 Å². The molecule has 2 aromatic rings. The number of carbonyl (C=O) groups excluding carboxylic acids is 1. The molecule has 0 radical (unpaired) electrons. The van der Waals surface area contributed by atoms with Crippen molar-refractivity contribution >= 4 is 34.7 Å². The lowest BCUT2D eigenvalue weighted by molar-refractivity contribution is 0.102. The van der Waals surface area contributed by atoms with Gasteiger partial charge in [-0.15, -0.1) is 11.8 Å². The molecule has 5 N–H and O–H groups in total. The van der Waals surface area contributed by atoms with Crippen LogP contribution in [0.3, 0.4) is 0 Å². The molecule has 1 amide bonds. The molecule has 0 saturated heterocycles. The van der Waals surface area contributed by atoms with E-state index in [4.69, 9.17) is 11.5 Å². The van der Waals surface area contributed by atoms with Gasteiger partial charge in [-0.2, -0.15) is 0 Å². The zero-order valence-electron chi connectivity index (χ0n) is 10.5. The molecule has 0 fully saturated rings. The van der Waals surface area contributed by atoms with E-state index in [1.165, 1.54) is 0 Å². The molecule has 0 aliphatic rings. The maximum atomic E-state index is 12.2. The molecule has 2 rings (SSSR count). The first-order valence-corrected chi connectivity index (χ1v) is 6.93. The van der Waals surface area contributed by atoms with Crippen LogP contribution in [0, 0.1) is 0 Å². The van der Waals surface area contributed by atoms with Crippen LogP contribution in [0.15, 0.2) is 47.4 Å². The van der Waals surface area contributed by atoms with Gasteiger partial charge in [0.05, 0.1) is 5.69 Å². The maximum Gasteiger partial charge on any atom is 0.255 e. The van der Waals surface area contributed by atoms with E-state index in [1.807, 2.05) is 30.5 Å². The van der Waals surface area contributed by atoms with E-state index in [-0.39, 0.29) is 5.91 Å². The Kier molecular flexibility index (Phi) is 3.97. The lowest BCUT2D eigenvalue weighted by atomic mass is 10.1. The zero-order valence-corrected chi connectivity index (χ0v) is 11.3. The van der Waals surface area contributed by atoms with Crippen molar-refractivity contribution in [2.75, 3.05) is 23.0 Å². The second-order valence-electron chi connectivity index (χ2n) is 4.04. The summed E-state index contributed by atoms with van der Waals surface area (Å²) in [6, 6.07) is 12.4. The Morgan fingerprint density at radius 3 is 2.37 bits per heavy atom. The summed E-state index contributed by atoms with van der Waals surface area (Å²) in [6.45, 7) is 0. The fraction of sp³-hybridized carbons (Fsp3) is 0.0714. The lowest BCUT2D eigenvalue weighted by Crippen LogP contribution is -2.13. The van der Waals surface area contributed by atoms with Gasteiger partial charge in [0.1, 0.15) is 0 Å². The van der Waals surface area contributed by atoms with Crippen LogP contribution in [-0.2, 0) is 0 Å². The van der Waals surface area contributed by atoms with Gasteiger partial charge < -0.3 is 16.8 Å². The summed E-state index contributed by atoms with van der Waals surface area (Å²) in [5.41, 5.74) is 13.5. The molecule has 5 heteroatoms. The van der Waals surface area contributed by atoms with E-state index in [9.17, 15) is 4.79 Å². The number of anilines is 3. The molecule has 0 bridgehead atoms. The average molecular weight is 273 g/mol. The summed E-state index contributed by atoms with van der Waals surface area (Å²) in [7, 11) is 0. The molecule has 4 nitrogen and oxygen atoms in total.